The highest BCUT2D eigenvalue weighted by atomic mass is 35.5. The summed E-state index contributed by atoms with van der Waals surface area (Å²) in [5.74, 6) is 0.895. The Bertz CT molecular complexity index is 339. The lowest BCUT2D eigenvalue weighted by Gasteiger charge is -2.28. The molecular formula is C10H14ClN3O. The maximum atomic E-state index is 5.92. The molecule has 2 N–H and O–H groups in total. The number of hydrogen-bond acceptors (Lipinski definition) is 4. The van der Waals surface area contributed by atoms with E-state index in [1.165, 1.54) is 0 Å². The zero-order chi connectivity index (χ0) is 10.7. The molecule has 0 bridgehead atoms. The van der Waals surface area contributed by atoms with Crippen LogP contribution >= 0.6 is 11.6 Å². The molecule has 1 saturated heterocycles. The summed E-state index contributed by atoms with van der Waals surface area (Å²) in [5, 5.41) is 0.499. The minimum Gasteiger partial charge on any atom is -0.378 e. The second-order valence-electron chi connectivity index (χ2n) is 3.46. The van der Waals surface area contributed by atoms with E-state index in [1.54, 1.807) is 6.07 Å². The van der Waals surface area contributed by atoms with Crippen molar-refractivity contribution in [2.24, 2.45) is 5.73 Å². The van der Waals surface area contributed by atoms with Gasteiger partial charge < -0.3 is 15.4 Å². The molecule has 0 atom stereocenters. The molecule has 5 heteroatoms. The molecular weight excluding hydrogens is 214 g/mol. The predicted molar refractivity (Wildman–Crippen MR) is 60.2 cm³/mol. The van der Waals surface area contributed by atoms with Gasteiger partial charge in [0.2, 0.25) is 0 Å². The molecule has 0 aliphatic carbocycles. The summed E-state index contributed by atoms with van der Waals surface area (Å²) in [7, 11) is 0. The summed E-state index contributed by atoms with van der Waals surface area (Å²) >= 11 is 5.92. The van der Waals surface area contributed by atoms with E-state index in [9.17, 15) is 0 Å². The van der Waals surface area contributed by atoms with Crippen molar-refractivity contribution in [3.63, 3.8) is 0 Å². The number of rotatable bonds is 2. The monoisotopic (exact) mass is 227 g/mol. The zero-order valence-corrected chi connectivity index (χ0v) is 9.20. The van der Waals surface area contributed by atoms with Gasteiger partial charge in [-0.2, -0.15) is 0 Å². The van der Waals surface area contributed by atoms with Crippen LogP contribution in [0.3, 0.4) is 0 Å². The van der Waals surface area contributed by atoms with Gasteiger partial charge in [-0.1, -0.05) is 11.6 Å². The second kappa shape index (κ2) is 4.79. The van der Waals surface area contributed by atoms with Crippen molar-refractivity contribution in [3.8, 4) is 0 Å². The van der Waals surface area contributed by atoms with E-state index in [-0.39, 0.29) is 0 Å². The molecule has 15 heavy (non-hydrogen) atoms. The molecule has 0 saturated carbocycles. The Morgan fingerprint density at radius 1 is 1.40 bits per heavy atom. The van der Waals surface area contributed by atoms with Gasteiger partial charge in [0, 0.05) is 19.6 Å². The van der Waals surface area contributed by atoms with Crippen LogP contribution in [0.1, 0.15) is 5.56 Å². The summed E-state index contributed by atoms with van der Waals surface area (Å²) < 4.78 is 5.28. The SMILES string of the molecule is NCc1cc(Cl)nc(N2CCOCC2)c1. The van der Waals surface area contributed by atoms with Crippen LogP contribution in [-0.2, 0) is 11.3 Å². The lowest BCUT2D eigenvalue weighted by molar-refractivity contribution is 0.122. The van der Waals surface area contributed by atoms with Gasteiger partial charge in [-0.05, 0) is 17.7 Å². The van der Waals surface area contributed by atoms with Crippen LogP contribution in [0.4, 0.5) is 5.82 Å². The lowest BCUT2D eigenvalue weighted by Crippen LogP contribution is -2.36. The molecule has 0 spiro atoms. The number of anilines is 1. The quantitative estimate of drug-likeness (QED) is 0.767. The van der Waals surface area contributed by atoms with E-state index >= 15 is 0 Å². The maximum absolute atomic E-state index is 5.92. The Hall–Kier alpha value is -0.840. The lowest BCUT2D eigenvalue weighted by atomic mass is 10.2. The number of nitrogens with zero attached hydrogens (tertiary/aromatic N) is 2. The molecule has 0 radical (unpaired) electrons. The fourth-order valence-corrected chi connectivity index (χ4v) is 1.83. The number of aromatic nitrogens is 1. The smallest absolute Gasteiger partial charge is 0.131 e. The molecule has 0 unspecified atom stereocenters. The highest BCUT2D eigenvalue weighted by Gasteiger charge is 2.13. The summed E-state index contributed by atoms with van der Waals surface area (Å²) in [5.41, 5.74) is 6.60. The first-order chi connectivity index (χ1) is 7.29. The van der Waals surface area contributed by atoms with E-state index < -0.39 is 0 Å². The van der Waals surface area contributed by atoms with Crippen molar-refractivity contribution < 1.29 is 4.74 Å². The summed E-state index contributed by atoms with van der Waals surface area (Å²) in [6, 6.07) is 3.78. The van der Waals surface area contributed by atoms with E-state index in [1.807, 2.05) is 6.07 Å². The molecule has 1 aliphatic heterocycles. The minimum absolute atomic E-state index is 0.486. The van der Waals surface area contributed by atoms with Crippen molar-refractivity contribution in [1.82, 2.24) is 4.98 Å². The van der Waals surface area contributed by atoms with Gasteiger partial charge in [-0.25, -0.2) is 4.98 Å². The van der Waals surface area contributed by atoms with Gasteiger partial charge in [-0.15, -0.1) is 0 Å². The molecule has 2 heterocycles. The third kappa shape index (κ3) is 2.59. The van der Waals surface area contributed by atoms with Crippen LogP contribution in [0.25, 0.3) is 0 Å². The van der Waals surface area contributed by atoms with E-state index in [4.69, 9.17) is 22.1 Å². The number of nitrogens with two attached hydrogens (primary N) is 1. The van der Waals surface area contributed by atoms with Gasteiger partial charge in [0.1, 0.15) is 11.0 Å². The van der Waals surface area contributed by atoms with Gasteiger partial charge in [0.15, 0.2) is 0 Å². The molecule has 4 nitrogen and oxygen atoms in total. The number of morpholine rings is 1. The molecule has 0 amide bonds. The molecule has 1 aliphatic rings. The third-order valence-corrected chi connectivity index (χ3v) is 2.60. The van der Waals surface area contributed by atoms with Crippen molar-refractivity contribution in [3.05, 3.63) is 22.8 Å². The Labute approximate surface area is 94.0 Å². The van der Waals surface area contributed by atoms with Gasteiger partial charge in [0.25, 0.3) is 0 Å². The van der Waals surface area contributed by atoms with Crippen LogP contribution in [0.2, 0.25) is 5.15 Å². The maximum Gasteiger partial charge on any atom is 0.131 e. The van der Waals surface area contributed by atoms with E-state index in [0.717, 1.165) is 37.7 Å². The first kappa shape index (κ1) is 10.7. The van der Waals surface area contributed by atoms with E-state index in [0.29, 0.717) is 11.7 Å². The summed E-state index contributed by atoms with van der Waals surface area (Å²) in [6.07, 6.45) is 0. The summed E-state index contributed by atoms with van der Waals surface area (Å²) in [4.78, 5) is 6.45. The van der Waals surface area contributed by atoms with Gasteiger partial charge >= 0.3 is 0 Å². The van der Waals surface area contributed by atoms with Gasteiger partial charge in [-0.3, -0.25) is 0 Å². The normalized spacial score (nSPS) is 16.8. The van der Waals surface area contributed by atoms with Gasteiger partial charge in [0.05, 0.1) is 13.2 Å². The van der Waals surface area contributed by atoms with Crippen molar-refractivity contribution in [2.45, 2.75) is 6.54 Å². The van der Waals surface area contributed by atoms with Crippen LogP contribution in [0, 0.1) is 0 Å². The largest absolute Gasteiger partial charge is 0.378 e. The predicted octanol–water partition coefficient (Wildman–Crippen LogP) is 1.03. The molecule has 0 aromatic carbocycles. The highest BCUT2D eigenvalue weighted by Crippen LogP contribution is 2.18. The number of hydrogen-bond donors (Lipinski definition) is 1. The van der Waals surface area contributed by atoms with Crippen molar-refractivity contribution in [2.75, 3.05) is 31.2 Å². The number of ether oxygens (including phenoxy) is 1. The average molecular weight is 228 g/mol. The van der Waals surface area contributed by atoms with Crippen LogP contribution < -0.4 is 10.6 Å². The first-order valence-corrected chi connectivity index (χ1v) is 5.36. The average Bonchev–Trinajstić information content (AvgIpc) is 2.29. The third-order valence-electron chi connectivity index (χ3n) is 2.41. The standard InChI is InChI=1S/C10H14ClN3O/c11-9-5-8(7-12)6-10(13-9)14-1-3-15-4-2-14/h5-6H,1-4,7,12H2. The molecule has 1 fully saturated rings. The van der Waals surface area contributed by atoms with Crippen LogP contribution in [0.5, 0.6) is 0 Å². The fourth-order valence-electron chi connectivity index (χ4n) is 1.61. The van der Waals surface area contributed by atoms with Crippen LogP contribution in [0.15, 0.2) is 12.1 Å². The molecule has 82 valence electrons. The fraction of sp³-hybridized carbons (Fsp3) is 0.500. The number of halogens is 1. The minimum atomic E-state index is 0.486. The Morgan fingerprint density at radius 3 is 2.80 bits per heavy atom. The van der Waals surface area contributed by atoms with E-state index in [2.05, 4.69) is 9.88 Å². The number of pyridine rings is 1. The topological polar surface area (TPSA) is 51.4 Å². The van der Waals surface area contributed by atoms with Crippen molar-refractivity contribution in [1.29, 1.82) is 0 Å². The van der Waals surface area contributed by atoms with Crippen LogP contribution in [-0.4, -0.2) is 31.3 Å². The molecule has 2 rings (SSSR count). The second-order valence-corrected chi connectivity index (χ2v) is 3.85. The zero-order valence-electron chi connectivity index (χ0n) is 8.45. The Morgan fingerprint density at radius 2 is 2.13 bits per heavy atom. The highest BCUT2D eigenvalue weighted by molar-refractivity contribution is 6.29. The Balaban J connectivity index is 2.22. The first-order valence-electron chi connectivity index (χ1n) is 4.99. The molecule has 1 aromatic heterocycles. The van der Waals surface area contributed by atoms with Crippen molar-refractivity contribution >= 4 is 17.4 Å². The Kier molecular flexibility index (Phi) is 3.41. The molecule has 1 aromatic rings. The summed E-state index contributed by atoms with van der Waals surface area (Å²) in [6.45, 7) is 3.69.